The van der Waals surface area contributed by atoms with E-state index in [0.29, 0.717) is 12.0 Å². The van der Waals surface area contributed by atoms with Crippen molar-refractivity contribution in [1.82, 2.24) is 0 Å². The zero-order chi connectivity index (χ0) is 13.1. The summed E-state index contributed by atoms with van der Waals surface area (Å²) < 4.78 is 16.3. The van der Waals surface area contributed by atoms with E-state index in [2.05, 4.69) is 28.9 Å². The Bertz CT molecular complexity index is 408. The standard InChI is InChI=1S/C14H19BrO3/c1-9-6-10(8-18-9)14(15)12-5-4-11(16-2)7-13(12)17-3/h4-5,7,9-10,14H,6,8H2,1-3H3. The second kappa shape index (κ2) is 5.93. The number of methoxy groups -OCH3 is 2. The second-order valence-electron chi connectivity index (χ2n) is 4.65. The van der Waals surface area contributed by atoms with Crippen LogP contribution in [0.15, 0.2) is 18.2 Å². The molecule has 3 atom stereocenters. The van der Waals surface area contributed by atoms with E-state index in [1.54, 1.807) is 14.2 Å². The van der Waals surface area contributed by atoms with Crippen LogP contribution in [0, 0.1) is 5.92 Å². The lowest BCUT2D eigenvalue weighted by atomic mass is 9.96. The van der Waals surface area contributed by atoms with E-state index >= 15 is 0 Å². The number of hydrogen-bond donors (Lipinski definition) is 0. The van der Waals surface area contributed by atoms with Gasteiger partial charge in [0.2, 0.25) is 0 Å². The molecule has 0 spiro atoms. The average Bonchev–Trinajstić information content (AvgIpc) is 2.83. The molecule has 0 saturated carbocycles. The molecular formula is C14H19BrO3. The van der Waals surface area contributed by atoms with E-state index in [1.807, 2.05) is 12.1 Å². The number of halogens is 1. The van der Waals surface area contributed by atoms with Crippen LogP contribution in [0.2, 0.25) is 0 Å². The molecule has 0 amide bonds. The van der Waals surface area contributed by atoms with Crippen LogP contribution in [0.5, 0.6) is 11.5 Å². The van der Waals surface area contributed by atoms with Gasteiger partial charge in [-0.15, -0.1) is 0 Å². The lowest BCUT2D eigenvalue weighted by Crippen LogP contribution is -2.09. The van der Waals surface area contributed by atoms with Gasteiger partial charge < -0.3 is 14.2 Å². The van der Waals surface area contributed by atoms with Gasteiger partial charge in [-0.05, 0) is 19.4 Å². The van der Waals surface area contributed by atoms with Gasteiger partial charge in [-0.3, -0.25) is 0 Å². The summed E-state index contributed by atoms with van der Waals surface area (Å²) in [6.07, 6.45) is 1.42. The van der Waals surface area contributed by atoms with Gasteiger partial charge in [0.1, 0.15) is 11.5 Å². The molecule has 1 aromatic carbocycles. The highest BCUT2D eigenvalue weighted by Crippen LogP contribution is 2.42. The SMILES string of the molecule is COc1ccc(C(Br)C2COC(C)C2)c(OC)c1. The lowest BCUT2D eigenvalue weighted by molar-refractivity contribution is 0.120. The van der Waals surface area contributed by atoms with Gasteiger partial charge in [0.25, 0.3) is 0 Å². The molecule has 100 valence electrons. The highest BCUT2D eigenvalue weighted by atomic mass is 79.9. The molecule has 1 aliphatic rings. The average molecular weight is 315 g/mol. The number of hydrogen-bond acceptors (Lipinski definition) is 3. The molecule has 0 bridgehead atoms. The Morgan fingerprint density at radius 1 is 1.33 bits per heavy atom. The minimum absolute atomic E-state index is 0.253. The Balaban J connectivity index is 2.21. The molecule has 1 heterocycles. The Labute approximate surface area is 117 Å². The van der Waals surface area contributed by atoms with Gasteiger partial charge in [-0.2, -0.15) is 0 Å². The van der Waals surface area contributed by atoms with E-state index in [1.165, 1.54) is 0 Å². The van der Waals surface area contributed by atoms with Crippen molar-refractivity contribution in [2.24, 2.45) is 5.92 Å². The summed E-state index contributed by atoms with van der Waals surface area (Å²) in [5, 5.41) is 0. The summed E-state index contributed by atoms with van der Waals surface area (Å²) in [5.74, 6) is 2.16. The largest absolute Gasteiger partial charge is 0.497 e. The third kappa shape index (κ3) is 2.81. The van der Waals surface area contributed by atoms with E-state index in [9.17, 15) is 0 Å². The van der Waals surface area contributed by atoms with Crippen molar-refractivity contribution < 1.29 is 14.2 Å². The molecule has 18 heavy (non-hydrogen) atoms. The molecule has 1 fully saturated rings. The van der Waals surface area contributed by atoms with Crippen molar-refractivity contribution in [3.63, 3.8) is 0 Å². The predicted octanol–water partition coefficient (Wildman–Crippen LogP) is 3.56. The quantitative estimate of drug-likeness (QED) is 0.795. The first-order valence-electron chi connectivity index (χ1n) is 6.13. The van der Waals surface area contributed by atoms with Gasteiger partial charge in [-0.25, -0.2) is 0 Å². The smallest absolute Gasteiger partial charge is 0.126 e. The van der Waals surface area contributed by atoms with Crippen LogP contribution in [0.1, 0.15) is 23.7 Å². The maximum absolute atomic E-state index is 5.63. The summed E-state index contributed by atoms with van der Waals surface area (Å²) in [4.78, 5) is 0.253. The molecule has 2 rings (SSSR count). The first-order valence-corrected chi connectivity index (χ1v) is 7.05. The summed E-state index contributed by atoms with van der Waals surface area (Å²) in [6, 6.07) is 5.94. The Morgan fingerprint density at radius 3 is 2.67 bits per heavy atom. The highest BCUT2D eigenvalue weighted by molar-refractivity contribution is 9.09. The molecule has 1 aliphatic heterocycles. The summed E-state index contributed by atoms with van der Waals surface area (Å²) >= 11 is 3.78. The van der Waals surface area contributed by atoms with Gasteiger partial charge in [0, 0.05) is 22.4 Å². The molecule has 1 aromatic rings. The van der Waals surface area contributed by atoms with Crippen LogP contribution < -0.4 is 9.47 Å². The first-order chi connectivity index (χ1) is 8.65. The van der Waals surface area contributed by atoms with Gasteiger partial charge in [-0.1, -0.05) is 22.0 Å². The Morgan fingerprint density at radius 2 is 2.11 bits per heavy atom. The van der Waals surface area contributed by atoms with Crippen LogP contribution in [0.3, 0.4) is 0 Å². The predicted molar refractivity (Wildman–Crippen MR) is 74.7 cm³/mol. The fourth-order valence-corrected chi connectivity index (χ4v) is 3.10. The third-order valence-electron chi connectivity index (χ3n) is 3.38. The molecule has 0 N–H and O–H groups in total. The van der Waals surface area contributed by atoms with E-state index in [-0.39, 0.29) is 4.83 Å². The van der Waals surface area contributed by atoms with E-state index in [4.69, 9.17) is 14.2 Å². The molecule has 4 heteroatoms. The van der Waals surface area contributed by atoms with Crippen molar-refractivity contribution in [3.8, 4) is 11.5 Å². The number of alkyl halides is 1. The van der Waals surface area contributed by atoms with Crippen LogP contribution >= 0.6 is 15.9 Å². The topological polar surface area (TPSA) is 27.7 Å². The zero-order valence-electron chi connectivity index (χ0n) is 11.0. The van der Waals surface area contributed by atoms with Crippen molar-refractivity contribution in [2.45, 2.75) is 24.3 Å². The van der Waals surface area contributed by atoms with E-state index < -0.39 is 0 Å². The molecular weight excluding hydrogens is 296 g/mol. The Kier molecular flexibility index (Phi) is 4.51. The molecule has 0 aliphatic carbocycles. The number of benzene rings is 1. The highest BCUT2D eigenvalue weighted by Gasteiger charge is 2.30. The number of rotatable bonds is 4. The minimum Gasteiger partial charge on any atom is -0.497 e. The van der Waals surface area contributed by atoms with Crippen LogP contribution in [-0.4, -0.2) is 26.9 Å². The maximum atomic E-state index is 5.63. The zero-order valence-corrected chi connectivity index (χ0v) is 12.6. The van der Waals surface area contributed by atoms with Gasteiger partial charge in [0.15, 0.2) is 0 Å². The third-order valence-corrected chi connectivity index (χ3v) is 4.62. The summed E-state index contributed by atoms with van der Waals surface area (Å²) in [6.45, 7) is 2.91. The Hall–Kier alpha value is -0.740. The summed E-state index contributed by atoms with van der Waals surface area (Å²) in [7, 11) is 3.35. The maximum Gasteiger partial charge on any atom is 0.126 e. The van der Waals surface area contributed by atoms with E-state index in [0.717, 1.165) is 30.1 Å². The van der Waals surface area contributed by atoms with Gasteiger partial charge >= 0.3 is 0 Å². The fourth-order valence-electron chi connectivity index (χ4n) is 2.35. The van der Waals surface area contributed by atoms with Crippen molar-refractivity contribution in [1.29, 1.82) is 0 Å². The molecule has 0 aromatic heterocycles. The van der Waals surface area contributed by atoms with Crippen LogP contribution in [-0.2, 0) is 4.74 Å². The molecule has 0 radical (unpaired) electrons. The molecule has 3 unspecified atom stereocenters. The van der Waals surface area contributed by atoms with Crippen LogP contribution in [0.4, 0.5) is 0 Å². The minimum atomic E-state index is 0.253. The van der Waals surface area contributed by atoms with Crippen molar-refractivity contribution in [3.05, 3.63) is 23.8 Å². The fraction of sp³-hybridized carbons (Fsp3) is 0.571. The van der Waals surface area contributed by atoms with Crippen molar-refractivity contribution >= 4 is 15.9 Å². The second-order valence-corrected chi connectivity index (χ2v) is 5.64. The summed E-state index contributed by atoms with van der Waals surface area (Å²) in [5.41, 5.74) is 1.15. The van der Waals surface area contributed by atoms with Crippen LogP contribution in [0.25, 0.3) is 0 Å². The normalized spacial score (nSPS) is 24.9. The van der Waals surface area contributed by atoms with Gasteiger partial charge in [0.05, 0.1) is 26.9 Å². The first kappa shape index (κ1) is 13.7. The number of ether oxygens (including phenoxy) is 3. The molecule has 1 saturated heterocycles. The lowest BCUT2D eigenvalue weighted by Gasteiger charge is -2.19. The monoisotopic (exact) mass is 314 g/mol. The molecule has 3 nitrogen and oxygen atoms in total. The van der Waals surface area contributed by atoms with Crippen molar-refractivity contribution in [2.75, 3.05) is 20.8 Å².